The van der Waals surface area contributed by atoms with Crippen molar-refractivity contribution in [3.05, 3.63) is 33.1 Å². The second-order valence-electron chi connectivity index (χ2n) is 5.33. The van der Waals surface area contributed by atoms with Crippen molar-refractivity contribution >= 4 is 7.82 Å². The topological polar surface area (TPSA) is 160 Å². The number of aliphatic hydroxyl groups is 1. The number of aliphatic hydroxyl groups excluding tert-OH is 1. The molecule has 128 valence electrons. The molecule has 1 spiro atoms. The summed E-state index contributed by atoms with van der Waals surface area (Å²) in [5, 5.41) is 10.4. The minimum Gasteiger partial charge on any atom is -0.387 e. The molecule has 0 radical (unpaired) electrons. The summed E-state index contributed by atoms with van der Waals surface area (Å²) >= 11 is 0. The summed E-state index contributed by atoms with van der Waals surface area (Å²) in [6.07, 6.45) is -1.84. The molecule has 4 atom stereocenters. The van der Waals surface area contributed by atoms with Crippen LogP contribution in [0.4, 0.5) is 0 Å². The monoisotopic (exact) mass is 350 g/mol. The van der Waals surface area contributed by atoms with E-state index in [9.17, 15) is 19.3 Å². The Morgan fingerprint density at radius 3 is 2.70 bits per heavy atom. The van der Waals surface area contributed by atoms with Gasteiger partial charge in [0.05, 0.1) is 13.2 Å². The van der Waals surface area contributed by atoms with E-state index in [0.29, 0.717) is 13.0 Å². The molecular weight excluding hydrogens is 335 g/mol. The van der Waals surface area contributed by atoms with E-state index in [1.165, 1.54) is 6.20 Å². The van der Waals surface area contributed by atoms with Crippen LogP contribution in [0.25, 0.3) is 0 Å². The predicted octanol–water partition coefficient (Wildman–Crippen LogP) is -1.94. The highest BCUT2D eigenvalue weighted by molar-refractivity contribution is 7.46. The molecule has 4 N–H and O–H groups in total. The van der Waals surface area contributed by atoms with Crippen LogP contribution in [-0.2, 0) is 18.6 Å². The standard InChI is InChI=1S/C11H15N2O9P/c14-7-1-3-13(10(16)12-7)9-11(2-4-20-11)8(15)6(22-9)5-21-23(17,18)19/h1,3,6,8-9,15H,2,4-5H2,(H,12,14,16)(H2,17,18,19)/t6-,8-,9?,11-/m1/s1. The summed E-state index contributed by atoms with van der Waals surface area (Å²) in [7, 11) is -4.73. The molecule has 2 fully saturated rings. The number of H-pyrrole nitrogens is 1. The largest absolute Gasteiger partial charge is 0.469 e. The Balaban J connectivity index is 1.89. The number of nitrogens with zero attached hydrogens (tertiary/aromatic N) is 1. The number of aromatic amines is 1. The summed E-state index contributed by atoms with van der Waals surface area (Å²) < 4.78 is 27.2. The van der Waals surface area contributed by atoms with Crippen molar-refractivity contribution < 1.29 is 33.5 Å². The fraction of sp³-hybridized carbons (Fsp3) is 0.636. The number of phosphoric ester groups is 1. The van der Waals surface area contributed by atoms with Crippen LogP contribution in [0.15, 0.2) is 21.9 Å². The van der Waals surface area contributed by atoms with Crippen LogP contribution < -0.4 is 11.2 Å². The van der Waals surface area contributed by atoms with Gasteiger partial charge in [-0.1, -0.05) is 0 Å². The van der Waals surface area contributed by atoms with Gasteiger partial charge in [-0.05, 0) is 0 Å². The SMILES string of the molecule is O=c1ccn(C2O[C@H](COP(=O)(O)O)[C@@H](O)[C@]23CCO3)c(=O)[nH]1. The van der Waals surface area contributed by atoms with Crippen LogP contribution in [0.5, 0.6) is 0 Å². The third-order valence-electron chi connectivity index (χ3n) is 3.95. The van der Waals surface area contributed by atoms with Crippen molar-refractivity contribution in [2.24, 2.45) is 0 Å². The highest BCUT2D eigenvalue weighted by atomic mass is 31.2. The van der Waals surface area contributed by atoms with Gasteiger partial charge in [0.1, 0.15) is 17.8 Å². The molecule has 0 aliphatic carbocycles. The molecule has 3 rings (SSSR count). The average molecular weight is 350 g/mol. The number of ether oxygens (including phenoxy) is 2. The van der Waals surface area contributed by atoms with Crippen LogP contribution in [0.2, 0.25) is 0 Å². The van der Waals surface area contributed by atoms with Crippen LogP contribution in [-0.4, -0.2) is 55.5 Å². The molecule has 1 aromatic heterocycles. The zero-order valence-corrected chi connectivity index (χ0v) is 12.6. The smallest absolute Gasteiger partial charge is 0.387 e. The first-order chi connectivity index (χ1) is 10.7. The lowest BCUT2D eigenvalue weighted by Crippen LogP contribution is -2.57. The van der Waals surface area contributed by atoms with Crippen LogP contribution in [0, 0.1) is 0 Å². The third-order valence-corrected chi connectivity index (χ3v) is 4.43. The van der Waals surface area contributed by atoms with E-state index in [2.05, 4.69) is 9.51 Å². The maximum absolute atomic E-state index is 11.9. The highest BCUT2D eigenvalue weighted by Gasteiger charge is 2.62. The Kier molecular flexibility index (Phi) is 4.05. The first kappa shape index (κ1) is 16.5. The Labute approximate surface area is 128 Å². The van der Waals surface area contributed by atoms with E-state index in [1.54, 1.807) is 0 Å². The second kappa shape index (κ2) is 5.64. The molecule has 2 aliphatic rings. The molecule has 12 heteroatoms. The van der Waals surface area contributed by atoms with E-state index < -0.39 is 49.7 Å². The first-order valence-corrected chi connectivity index (χ1v) is 8.25. The van der Waals surface area contributed by atoms with Crippen LogP contribution >= 0.6 is 7.82 Å². The maximum atomic E-state index is 11.9. The van der Waals surface area contributed by atoms with Gasteiger partial charge in [-0.3, -0.25) is 18.9 Å². The molecule has 0 amide bonds. The second-order valence-corrected chi connectivity index (χ2v) is 6.57. The first-order valence-electron chi connectivity index (χ1n) is 6.72. The fourth-order valence-corrected chi connectivity index (χ4v) is 3.14. The van der Waals surface area contributed by atoms with E-state index in [4.69, 9.17) is 19.3 Å². The van der Waals surface area contributed by atoms with Crippen molar-refractivity contribution in [3.8, 4) is 0 Å². The van der Waals surface area contributed by atoms with Gasteiger partial charge < -0.3 is 24.4 Å². The zero-order valence-electron chi connectivity index (χ0n) is 11.7. The van der Waals surface area contributed by atoms with Gasteiger partial charge in [0.15, 0.2) is 6.23 Å². The summed E-state index contributed by atoms with van der Waals surface area (Å²) in [6.45, 7) is -0.244. The number of nitrogens with one attached hydrogen (secondary N) is 1. The summed E-state index contributed by atoms with van der Waals surface area (Å²) in [6, 6.07) is 1.11. The number of hydrogen-bond acceptors (Lipinski definition) is 7. The Hall–Kier alpha value is -1.33. The lowest BCUT2D eigenvalue weighted by molar-refractivity contribution is -0.227. The molecule has 1 unspecified atom stereocenters. The fourth-order valence-electron chi connectivity index (χ4n) is 2.80. The zero-order chi connectivity index (χ0) is 16.8. The number of phosphoric acid groups is 1. The normalized spacial score (nSPS) is 33.8. The summed E-state index contributed by atoms with van der Waals surface area (Å²) in [5.74, 6) is 0. The van der Waals surface area contributed by atoms with Gasteiger partial charge in [0.25, 0.3) is 5.56 Å². The van der Waals surface area contributed by atoms with Gasteiger partial charge in [0, 0.05) is 18.7 Å². The Morgan fingerprint density at radius 2 is 2.17 bits per heavy atom. The maximum Gasteiger partial charge on any atom is 0.469 e. The molecule has 2 saturated heterocycles. The van der Waals surface area contributed by atoms with Crippen molar-refractivity contribution in [2.75, 3.05) is 13.2 Å². The molecular formula is C11H15N2O9P. The lowest BCUT2D eigenvalue weighted by atomic mass is 9.86. The van der Waals surface area contributed by atoms with Gasteiger partial charge >= 0.3 is 13.5 Å². The third kappa shape index (κ3) is 2.92. The molecule has 23 heavy (non-hydrogen) atoms. The van der Waals surface area contributed by atoms with Crippen molar-refractivity contribution in [1.29, 1.82) is 0 Å². The van der Waals surface area contributed by atoms with E-state index in [0.717, 1.165) is 10.6 Å². The van der Waals surface area contributed by atoms with Gasteiger partial charge in [-0.15, -0.1) is 0 Å². The molecule has 3 heterocycles. The van der Waals surface area contributed by atoms with Gasteiger partial charge in [-0.2, -0.15) is 0 Å². The summed E-state index contributed by atoms with van der Waals surface area (Å²) in [5.41, 5.74) is -2.57. The molecule has 1 aromatic rings. The van der Waals surface area contributed by atoms with Crippen LogP contribution in [0.3, 0.4) is 0 Å². The summed E-state index contributed by atoms with van der Waals surface area (Å²) in [4.78, 5) is 42.6. The molecule has 0 saturated carbocycles. The minimum absolute atomic E-state index is 0.334. The Bertz CT molecular complexity index is 748. The average Bonchev–Trinajstić information content (AvgIpc) is 2.68. The highest BCUT2D eigenvalue weighted by Crippen LogP contribution is 2.49. The van der Waals surface area contributed by atoms with Crippen molar-refractivity contribution in [3.63, 3.8) is 0 Å². The molecule has 0 aromatic carbocycles. The molecule has 2 aliphatic heterocycles. The van der Waals surface area contributed by atoms with E-state index >= 15 is 0 Å². The quantitative estimate of drug-likeness (QED) is 0.453. The van der Waals surface area contributed by atoms with Crippen molar-refractivity contribution in [1.82, 2.24) is 9.55 Å². The minimum atomic E-state index is -4.73. The lowest BCUT2D eigenvalue weighted by Gasteiger charge is -2.44. The molecule has 11 nitrogen and oxygen atoms in total. The van der Waals surface area contributed by atoms with Gasteiger partial charge in [0.2, 0.25) is 0 Å². The number of rotatable bonds is 4. The number of hydrogen-bond donors (Lipinski definition) is 4. The van der Waals surface area contributed by atoms with E-state index in [1.807, 2.05) is 0 Å². The van der Waals surface area contributed by atoms with Crippen molar-refractivity contribution in [2.45, 2.75) is 30.5 Å². The van der Waals surface area contributed by atoms with E-state index in [-0.39, 0.29) is 0 Å². The number of aromatic nitrogens is 2. The van der Waals surface area contributed by atoms with Gasteiger partial charge in [-0.25, -0.2) is 9.36 Å². The molecule has 0 bridgehead atoms. The predicted molar refractivity (Wildman–Crippen MR) is 72.5 cm³/mol. The Morgan fingerprint density at radius 1 is 1.48 bits per heavy atom. The van der Waals surface area contributed by atoms with Crippen LogP contribution in [0.1, 0.15) is 12.6 Å².